The van der Waals surface area contributed by atoms with Crippen molar-refractivity contribution in [2.75, 3.05) is 24.6 Å². The summed E-state index contributed by atoms with van der Waals surface area (Å²) in [4.78, 5) is 0. The van der Waals surface area contributed by atoms with Crippen LogP contribution in [0.3, 0.4) is 0 Å². The largest absolute Gasteiger partial charge is 0.124 e. The van der Waals surface area contributed by atoms with Gasteiger partial charge in [-0.3, -0.25) is 0 Å². The van der Waals surface area contributed by atoms with E-state index in [1.54, 1.807) is 0 Å². The van der Waals surface area contributed by atoms with Crippen LogP contribution in [-0.4, -0.2) is 43.5 Å². The predicted octanol–water partition coefficient (Wildman–Crippen LogP) is 2.48. The fraction of sp³-hybridized carbons (Fsp3) is 0.625. The van der Waals surface area contributed by atoms with E-state index in [9.17, 15) is 0 Å². The molecule has 3 atom stereocenters. The van der Waals surface area contributed by atoms with E-state index in [0.29, 0.717) is 0 Å². The van der Waals surface area contributed by atoms with Crippen molar-refractivity contribution in [3.8, 4) is 0 Å². The zero-order valence-electron chi connectivity index (χ0n) is 9.31. The number of hydrogen-bond donors (Lipinski definition) is 0. The molecule has 2 radical (unpaired) electrons. The van der Waals surface area contributed by atoms with Crippen molar-refractivity contribution in [3.63, 3.8) is 0 Å². The molecule has 0 aromatic rings. The van der Waals surface area contributed by atoms with Gasteiger partial charge in [-0.2, -0.15) is 0 Å². The van der Waals surface area contributed by atoms with E-state index in [-0.39, 0.29) is 109 Å². The minimum Gasteiger partial charge on any atom is -0.124 e. The van der Waals surface area contributed by atoms with Crippen LogP contribution in [0, 0.1) is 0 Å². The standard InChI is InChI=1S/C8H21P3.W.2Y/c1-6-10(4)8-11(5)7-9(2)3;;;/h9-11H,2,4-8H2,1,3H3;;;. The van der Waals surface area contributed by atoms with Gasteiger partial charge in [0.15, 0.2) is 0 Å². The average Bonchev–Trinajstić information content (AvgIpc) is 1.85. The normalized spacial score (nSPS) is 15.0. The molecule has 14 heavy (non-hydrogen) atoms. The minimum atomic E-state index is -0.285. The molecule has 0 saturated carbocycles. The van der Waals surface area contributed by atoms with Gasteiger partial charge in [0.2, 0.25) is 0 Å². The van der Waals surface area contributed by atoms with Crippen LogP contribution in [0.15, 0.2) is 0 Å². The van der Waals surface area contributed by atoms with Crippen LogP contribution >= 0.6 is 22.6 Å². The fourth-order valence-electron chi connectivity index (χ4n) is 0.968. The Morgan fingerprint density at radius 2 is 1.36 bits per heavy atom. The van der Waals surface area contributed by atoms with Crippen molar-refractivity contribution in [1.29, 1.82) is 0 Å². The van der Waals surface area contributed by atoms with E-state index in [0.717, 1.165) is 0 Å². The zero-order chi connectivity index (χ0) is 8.85. The average molecular weight is 572 g/mol. The Morgan fingerprint density at radius 3 is 1.64 bits per heavy atom. The Balaban J connectivity index is -0.000000167. The molecule has 0 aromatic carbocycles. The maximum Gasteiger partial charge on any atom is 0 e. The molecule has 0 bridgehead atoms. The summed E-state index contributed by atoms with van der Waals surface area (Å²) in [5.41, 5.74) is 0. The van der Waals surface area contributed by atoms with E-state index in [4.69, 9.17) is 0 Å². The van der Waals surface area contributed by atoms with Crippen molar-refractivity contribution in [2.24, 2.45) is 0 Å². The molecule has 0 heterocycles. The molecule has 0 nitrogen and oxygen atoms in total. The van der Waals surface area contributed by atoms with Crippen molar-refractivity contribution in [3.05, 3.63) is 0 Å². The summed E-state index contributed by atoms with van der Waals surface area (Å²) in [5, 5.41) is 0. The summed E-state index contributed by atoms with van der Waals surface area (Å²) < 4.78 is 0. The molecule has 0 aliphatic carbocycles. The monoisotopic (exact) mass is 572 g/mol. The molecule has 0 amide bonds. The van der Waals surface area contributed by atoms with Gasteiger partial charge in [-0.1, -0.05) is 6.92 Å². The van der Waals surface area contributed by atoms with Gasteiger partial charge in [0.25, 0.3) is 0 Å². The molecule has 0 spiro atoms. The zero-order valence-corrected chi connectivity index (χ0v) is 20.9. The summed E-state index contributed by atoms with van der Waals surface area (Å²) in [6.07, 6.45) is 13.8. The van der Waals surface area contributed by atoms with E-state index in [2.05, 4.69) is 32.5 Å². The molecule has 0 aromatic heterocycles. The van der Waals surface area contributed by atoms with Gasteiger partial charge in [-0.25, -0.2) is 0 Å². The van der Waals surface area contributed by atoms with Crippen molar-refractivity contribution in [2.45, 2.75) is 6.92 Å². The third-order valence-electron chi connectivity index (χ3n) is 1.55. The molecule has 0 aliphatic rings. The van der Waals surface area contributed by atoms with Gasteiger partial charge in [-0.05, 0) is 24.6 Å². The Labute approximate surface area is 157 Å². The van der Waals surface area contributed by atoms with Crippen molar-refractivity contribution < 1.29 is 86.5 Å². The van der Waals surface area contributed by atoms with Crippen molar-refractivity contribution in [1.82, 2.24) is 0 Å². The molecular weight excluding hydrogens is 551 g/mol. The van der Waals surface area contributed by atoms with Gasteiger partial charge in [0.05, 0.1) is 0 Å². The first-order valence-corrected chi connectivity index (χ1v) is 10.7. The molecule has 0 aliphatic heterocycles. The second-order valence-electron chi connectivity index (χ2n) is 3.16. The van der Waals surface area contributed by atoms with Gasteiger partial charge >= 0.3 is 0 Å². The Hall–Kier alpha value is 3.80. The van der Waals surface area contributed by atoms with Crippen molar-refractivity contribution >= 4 is 41.5 Å². The van der Waals surface area contributed by atoms with Gasteiger partial charge in [0, 0.05) is 86.5 Å². The van der Waals surface area contributed by atoms with E-state index in [1.165, 1.54) is 18.0 Å². The van der Waals surface area contributed by atoms with Crippen LogP contribution in [0.5, 0.6) is 0 Å². The Bertz CT molecular complexity index is 195. The summed E-state index contributed by atoms with van der Waals surface area (Å²) >= 11 is 0. The molecule has 0 N–H and O–H groups in total. The third-order valence-corrected chi connectivity index (χ3v) is 11.0. The third kappa shape index (κ3) is 18.2. The molecule has 0 rings (SSSR count). The van der Waals surface area contributed by atoms with Gasteiger partial charge in [0.1, 0.15) is 0 Å². The first-order valence-electron chi connectivity index (χ1n) is 4.04. The quantitative estimate of drug-likeness (QED) is 0.445. The summed E-state index contributed by atoms with van der Waals surface area (Å²) in [5.74, 6) is 2.74. The first-order chi connectivity index (χ1) is 5.06. The van der Waals surface area contributed by atoms with Gasteiger partial charge < -0.3 is 0 Å². The number of rotatable bonds is 5. The molecule has 3 unspecified atom stereocenters. The summed E-state index contributed by atoms with van der Waals surface area (Å²) in [6.45, 7) is 4.53. The smallest absolute Gasteiger partial charge is 0 e. The summed E-state index contributed by atoms with van der Waals surface area (Å²) in [6, 6.07) is 0. The molecular formula is C8H21P3WY2. The van der Waals surface area contributed by atoms with E-state index in [1.807, 2.05) is 0 Å². The second kappa shape index (κ2) is 16.8. The Kier molecular flexibility index (Phi) is 31.6. The topological polar surface area (TPSA) is 0 Å². The van der Waals surface area contributed by atoms with Crippen LogP contribution in [0.2, 0.25) is 0 Å². The molecule has 6 heteroatoms. The van der Waals surface area contributed by atoms with E-state index < -0.39 is 0 Å². The van der Waals surface area contributed by atoms with E-state index >= 15 is 0 Å². The fourth-order valence-corrected chi connectivity index (χ4v) is 9.84. The SMILES string of the molecule is C=[PH](C)C[PH](=C)C[PH](=C)CC.[W].[Y].[Y]. The predicted molar refractivity (Wildman–Crippen MR) is 72.5 cm³/mol. The molecule has 0 fully saturated rings. The maximum atomic E-state index is 4.24. The summed E-state index contributed by atoms with van der Waals surface area (Å²) in [7, 11) is -0.802. The minimum absolute atomic E-state index is 0. The molecule has 80 valence electrons. The van der Waals surface area contributed by atoms with Crippen LogP contribution in [0.4, 0.5) is 0 Å². The van der Waals surface area contributed by atoms with Gasteiger partial charge in [-0.15, -0.1) is 41.5 Å². The van der Waals surface area contributed by atoms with Crippen LogP contribution in [-0.2, 0) is 86.5 Å². The second-order valence-corrected chi connectivity index (χ2v) is 11.6. The van der Waals surface area contributed by atoms with Crippen LogP contribution in [0.1, 0.15) is 6.92 Å². The molecule has 0 saturated heterocycles. The number of hydrogen-bond acceptors (Lipinski definition) is 0. The van der Waals surface area contributed by atoms with Crippen LogP contribution in [0.25, 0.3) is 0 Å². The Morgan fingerprint density at radius 1 is 0.929 bits per heavy atom. The first kappa shape index (κ1) is 26.4. The van der Waals surface area contributed by atoms with Crippen LogP contribution < -0.4 is 0 Å². The maximum absolute atomic E-state index is 4.24.